The first-order chi connectivity index (χ1) is 13.3. The van der Waals surface area contributed by atoms with Gasteiger partial charge in [-0.2, -0.15) is 52.7 Å². The highest BCUT2D eigenvalue weighted by atomic mass is 29.3. The lowest BCUT2D eigenvalue weighted by molar-refractivity contribution is -0.134. The molecule has 1 aliphatic rings. The maximum Gasteiger partial charge on any atom is 0.388 e. The fourth-order valence-electron chi connectivity index (χ4n) is 4.14. The molecule has 0 radical (unpaired) electrons. The zero-order valence-electron chi connectivity index (χ0n) is 15.7. The number of alkyl halides is 12. The molecule has 180 valence electrons. The summed E-state index contributed by atoms with van der Waals surface area (Å²) in [6.45, 7) is -0.241. The summed E-state index contributed by atoms with van der Waals surface area (Å²) in [5, 5.41) is 0. The van der Waals surface area contributed by atoms with Crippen LogP contribution in [0.4, 0.5) is 52.7 Å². The summed E-state index contributed by atoms with van der Waals surface area (Å²) in [4.78, 5) is 0. The van der Waals surface area contributed by atoms with Gasteiger partial charge in [-0.15, -0.1) is 0 Å². The predicted molar refractivity (Wildman–Crippen MR) is 88.8 cm³/mol. The Balaban J connectivity index is 3.38. The molecule has 0 N–H and O–H groups in total. The normalized spacial score (nSPS) is 20.4. The van der Waals surface area contributed by atoms with Crippen LogP contribution in [-0.4, -0.2) is 46.7 Å². The Morgan fingerprint density at radius 3 is 1.20 bits per heavy atom. The highest BCUT2D eigenvalue weighted by Gasteiger charge is 2.60. The third-order valence-electron chi connectivity index (χ3n) is 5.54. The Morgan fingerprint density at radius 1 is 0.533 bits per heavy atom. The van der Waals surface area contributed by atoms with Gasteiger partial charge in [0.15, 0.2) is 7.83 Å². The highest BCUT2D eigenvalue weighted by Crippen LogP contribution is 2.49. The minimum Gasteiger partial charge on any atom is -0.419 e. The summed E-state index contributed by atoms with van der Waals surface area (Å²) < 4.78 is 160. The molecule has 0 saturated carbocycles. The van der Waals surface area contributed by atoms with Crippen LogP contribution in [0, 0.1) is 0 Å². The maximum absolute atomic E-state index is 12.9. The van der Waals surface area contributed by atoms with Crippen LogP contribution in [0.5, 0.6) is 0 Å². The second-order valence-corrected chi connectivity index (χ2v) is 20.9. The summed E-state index contributed by atoms with van der Waals surface area (Å²) >= 11 is 0. The molecule has 30 heavy (non-hydrogen) atoms. The Kier molecular flexibility index (Phi) is 8.82. The molecule has 0 atom stereocenters. The monoisotopic (exact) mass is 502 g/mol. The van der Waals surface area contributed by atoms with Gasteiger partial charge < -0.3 is 4.43 Å². The maximum atomic E-state index is 12.9. The zero-order valence-corrected chi connectivity index (χ0v) is 17.7. The first-order valence-electron chi connectivity index (χ1n) is 9.19. The minimum absolute atomic E-state index is 0.0364. The lowest BCUT2D eigenvalue weighted by atomic mass is 10.5. The molecule has 0 aromatic heterocycles. The van der Waals surface area contributed by atoms with Crippen molar-refractivity contribution in [1.29, 1.82) is 0 Å². The Labute approximate surface area is 167 Å². The van der Waals surface area contributed by atoms with Crippen molar-refractivity contribution in [2.45, 2.75) is 87.0 Å². The van der Waals surface area contributed by atoms with E-state index in [1.165, 1.54) is 0 Å². The molecule has 1 heterocycles. The van der Waals surface area contributed by atoms with Gasteiger partial charge in [-0.3, -0.25) is 0 Å². The van der Waals surface area contributed by atoms with E-state index < -0.39 is 90.0 Å². The van der Waals surface area contributed by atoms with Crippen molar-refractivity contribution < 1.29 is 57.1 Å². The Morgan fingerprint density at radius 2 is 0.867 bits per heavy atom. The molecule has 1 fully saturated rings. The average Bonchev–Trinajstić information content (AvgIpc) is 2.53. The van der Waals surface area contributed by atoms with Gasteiger partial charge in [0.1, 0.15) is 0 Å². The molecular formula is C15H22F12OSi2. The number of hydrogen-bond acceptors (Lipinski definition) is 1. The van der Waals surface area contributed by atoms with E-state index >= 15 is 0 Å². The Bertz CT molecular complexity index is 454. The fourth-order valence-corrected chi connectivity index (χ4v) is 23.0. The minimum atomic E-state index is -4.81. The van der Waals surface area contributed by atoms with E-state index in [4.69, 9.17) is 4.43 Å². The molecule has 0 amide bonds. The van der Waals surface area contributed by atoms with Crippen LogP contribution >= 0.6 is 0 Å². The molecule has 1 aliphatic heterocycles. The van der Waals surface area contributed by atoms with Crippen molar-refractivity contribution in [3.8, 4) is 0 Å². The molecule has 1 rings (SSSR count). The lowest BCUT2D eigenvalue weighted by Crippen LogP contribution is -2.67. The Hall–Kier alpha value is -0.446. The van der Waals surface area contributed by atoms with E-state index in [2.05, 4.69) is 0 Å². The van der Waals surface area contributed by atoms with Gasteiger partial charge in [-0.25, -0.2) is 0 Å². The smallest absolute Gasteiger partial charge is 0.388 e. The van der Waals surface area contributed by atoms with Gasteiger partial charge in [0.25, 0.3) is 0 Å². The van der Waals surface area contributed by atoms with E-state index in [0.29, 0.717) is 0 Å². The standard InChI is InChI=1S/C15H22F12OSi2/c16-12(17,18)2-8-29(9-3-13(19,20)21)7-1-6-28-30(29,10-4-14(22,23)24)11-5-15(25,26)27/h1-11H2. The van der Waals surface area contributed by atoms with Crippen LogP contribution in [0.3, 0.4) is 0 Å². The van der Waals surface area contributed by atoms with Gasteiger partial charge >= 0.3 is 24.7 Å². The molecule has 1 nitrogen and oxygen atoms in total. The first-order valence-corrected chi connectivity index (χ1v) is 15.1. The molecule has 0 bridgehead atoms. The van der Waals surface area contributed by atoms with Crippen molar-refractivity contribution in [1.82, 2.24) is 0 Å². The summed E-state index contributed by atoms with van der Waals surface area (Å²) in [7, 11) is -8.09. The van der Waals surface area contributed by atoms with Gasteiger partial charge in [0.2, 0.25) is 0 Å². The number of rotatable bonds is 8. The van der Waals surface area contributed by atoms with Gasteiger partial charge in [-0.05, 0) is 30.6 Å². The highest BCUT2D eigenvalue weighted by molar-refractivity contribution is 7.40. The van der Waals surface area contributed by atoms with Crippen LogP contribution in [0.15, 0.2) is 0 Å². The molecule has 0 spiro atoms. The van der Waals surface area contributed by atoms with Crippen LogP contribution in [0.1, 0.15) is 32.1 Å². The molecule has 0 unspecified atom stereocenters. The topological polar surface area (TPSA) is 9.23 Å². The summed E-state index contributed by atoms with van der Waals surface area (Å²) in [5.74, 6) is 0. The van der Waals surface area contributed by atoms with E-state index in [9.17, 15) is 52.7 Å². The van der Waals surface area contributed by atoms with E-state index in [1.807, 2.05) is 0 Å². The van der Waals surface area contributed by atoms with Crippen molar-refractivity contribution >= 4 is 15.4 Å². The molecule has 1 saturated heterocycles. The molecule has 0 aromatic rings. The molecule has 0 aromatic carbocycles. The summed E-state index contributed by atoms with van der Waals surface area (Å²) in [6, 6.07) is -3.73. The molecule has 0 aliphatic carbocycles. The van der Waals surface area contributed by atoms with Crippen molar-refractivity contribution in [2.75, 3.05) is 6.61 Å². The van der Waals surface area contributed by atoms with Crippen LogP contribution in [0.2, 0.25) is 30.2 Å². The fraction of sp³-hybridized carbons (Fsp3) is 1.00. The SMILES string of the molecule is FC(F)(F)CC[Si]1(CCC(F)(F)F)CCCO[Si]1(CCC(F)(F)F)CCC(F)(F)F. The number of halogens is 12. The molecular weight excluding hydrogens is 480 g/mol. The van der Waals surface area contributed by atoms with Gasteiger partial charge in [0.05, 0.1) is 7.59 Å². The summed E-state index contributed by atoms with van der Waals surface area (Å²) in [6.07, 6.45) is -25.4. The summed E-state index contributed by atoms with van der Waals surface area (Å²) in [5.41, 5.74) is 0. The van der Waals surface area contributed by atoms with E-state index in [-0.39, 0.29) is 19.1 Å². The second-order valence-electron chi connectivity index (χ2n) is 7.69. The van der Waals surface area contributed by atoms with Crippen molar-refractivity contribution in [3.63, 3.8) is 0 Å². The van der Waals surface area contributed by atoms with Crippen LogP contribution in [-0.2, 0) is 4.43 Å². The third-order valence-corrected chi connectivity index (χ3v) is 24.1. The largest absolute Gasteiger partial charge is 0.419 e. The van der Waals surface area contributed by atoms with Gasteiger partial charge in [0, 0.05) is 32.3 Å². The first kappa shape index (κ1) is 27.6. The van der Waals surface area contributed by atoms with E-state index in [0.717, 1.165) is 0 Å². The zero-order chi connectivity index (χ0) is 23.5. The second kappa shape index (κ2) is 9.59. The van der Waals surface area contributed by atoms with Crippen LogP contribution in [0.25, 0.3) is 0 Å². The van der Waals surface area contributed by atoms with Crippen molar-refractivity contribution in [3.05, 3.63) is 0 Å². The average molecular weight is 502 g/mol. The van der Waals surface area contributed by atoms with Crippen molar-refractivity contribution in [2.24, 2.45) is 0 Å². The van der Waals surface area contributed by atoms with Gasteiger partial charge in [-0.1, -0.05) is 6.04 Å². The van der Waals surface area contributed by atoms with E-state index in [1.54, 1.807) is 0 Å². The molecule has 15 heteroatoms. The lowest BCUT2D eigenvalue weighted by Gasteiger charge is -2.51. The van der Waals surface area contributed by atoms with Crippen LogP contribution < -0.4 is 0 Å². The quantitative estimate of drug-likeness (QED) is 0.244. The predicted octanol–water partition coefficient (Wildman–Crippen LogP) is 7.69. The third kappa shape index (κ3) is 9.36. The number of hydrogen-bond donors (Lipinski definition) is 0.